The summed E-state index contributed by atoms with van der Waals surface area (Å²) in [5, 5.41) is 2.61. The van der Waals surface area contributed by atoms with Gasteiger partial charge in [-0.3, -0.25) is 0 Å². The van der Waals surface area contributed by atoms with Crippen molar-refractivity contribution in [2.75, 3.05) is 4.90 Å². The Kier molecular flexibility index (Phi) is 5.77. The molecule has 0 amide bonds. The van der Waals surface area contributed by atoms with Crippen molar-refractivity contribution in [1.82, 2.24) is 4.57 Å². The molecule has 0 spiro atoms. The standard InChI is InChI=1S/C48H46N2/c1-2-6-39(7-3-1)50-45-9-5-4-8-43(45)44-19-18-42(26-46(44)50)49(40-14-10-35(11-15-40)47-27-31-20-32(28-47)23-37(47)22-31)41-16-12-36(13-17-41)48-29-33-21-34(30-48)25-38(48)24-33/h1-19,26,31-34,37-38H,20-25,27-30H2. The number of para-hydroxylation sites is 2. The highest BCUT2D eigenvalue weighted by atomic mass is 15.1. The lowest BCUT2D eigenvalue weighted by molar-refractivity contribution is 0.266. The molecule has 5 aromatic carbocycles. The number of nitrogens with zero attached hydrogens (tertiary/aromatic N) is 2. The summed E-state index contributed by atoms with van der Waals surface area (Å²) in [6.45, 7) is 0. The number of hydrogen-bond donors (Lipinski definition) is 0. The number of fused-ring (bicyclic) bond motifs is 3. The largest absolute Gasteiger partial charge is 0.310 e. The molecule has 8 bridgehead atoms. The zero-order valence-electron chi connectivity index (χ0n) is 29.0. The minimum Gasteiger partial charge on any atom is -0.310 e. The molecule has 2 nitrogen and oxygen atoms in total. The van der Waals surface area contributed by atoms with Crippen LogP contribution in [0.4, 0.5) is 17.1 Å². The van der Waals surface area contributed by atoms with E-state index in [0.29, 0.717) is 10.8 Å². The molecule has 50 heavy (non-hydrogen) atoms. The van der Waals surface area contributed by atoms with Gasteiger partial charge in [-0.15, -0.1) is 0 Å². The summed E-state index contributed by atoms with van der Waals surface area (Å²) >= 11 is 0. The molecular weight excluding hydrogens is 605 g/mol. The summed E-state index contributed by atoms with van der Waals surface area (Å²) in [6.07, 6.45) is 14.5. The van der Waals surface area contributed by atoms with Crippen molar-refractivity contribution in [2.45, 2.75) is 75.0 Å². The van der Waals surface area contributed by atoms with Gasteiger partial charge in [0.2, 0.25) is 0 Å². The number of rotatable bonds is 6. The topological polar surface area (TPSA) is 8.17 Å². The highest BCUT2D eigenvalue weighted by Gasteiger charge is 2.59. The monoisotopic (exact) mass is 650 g/mol. The number of anilines is 3. The van der Waals surface area contributed by atoms with Gasteiger partial charge in [0.25, 0.3) is 0 Å². The van der Waals surface area contributed by atoms with Gasteiger partial charge in [0.05, 0.1) is 11.0 Å². The Morgan fingerprint density at radius 2 is 0.920 bits per heavy atom. The van der Waals surface area contributed by atoms with Crippen molar-refractivity contribution in [3.8, 4) is 5.69 Å². The molecule has 8 saturated carbocycles. The summed E-state index contributed by atoms with van der Waals surface area (Å²) in [7, 11) is 0. The SMILES string of the molecule is c1ccc(-n2c3ccccc3c3ccc(N(c4ccc(C56CC7CC(CC5C7)C6)cc4)c4ccc(C56CC7CC(CC5C7)C6)cc4)cc32)cc1. The summed E-state index contributed by atoms with van der Waals surface area (Å²) in [4.78, 5) is 2.53. The molecule has 6 aromatic rings. The summed E-state index contributed by atoms with van der Waals surface area (Å²) < 4.78 is 2.45. The van der Waals surface area contributed by atoms with Crippen LogP contribution in [0.5, 0.6) is 0 Å². The Balaban J connectivity index is 0.999. The third-order valence-corrected chi connectivity index (χ3v) is 15.3. The van der Waals surface area contributed by atoms with E-state index < -0.39 is 0 Å². The molecule has 4 unspecified atom stereocenters. The van der Waals surface area contributed by atoms with E-state index in [-0.39, 0.29) is 0 Å². The van der Waals surface area contributed by atoms with E-state index in [1.54, 1.807) is 11.1 Å². The van der Waals surface area contributed by atoms with E-state index in [1.807, 2.05) is 0 Å². The van der Waals surface area contributed by atoms with Crippen molar-refractivity contribution >= 4 is 38.9 Å². The molecule has 4 atom stereocenters. The lowest BCUT2D eigenvalue weighted by atomic mass is 9.71. The second-order valence-corrected chi connectivity index (χ2v) is 17.7. The lowest BCUT2D eigenvalue weighted by Gasteiger charge is -2.35. The van der Waals surface area contributed by atoms with Crippen LogP contribution in [0.15, 0.2) is 121 Å². The van der Waals surface area contributed by atoms with Gasteiger partial charge in [-0.1, -0.05) is 66.7 Å². The van der Waals surface area contributed by atoms with E-state index in [2.05, 4.69) is 131 Å². The Labute approximate surface area is 296 Å². The first-order valence-corrected chi connectivity index (χ1v) is 19.7. The third kappa shape index (κ3) is 3.86. The molecule has 0 aliphatic heterocycles. The molecule has 1 heterocycles. The Hall–Kier alpha value is -4.30. The van der Waals surface area contributed by atoms with Gasteiger partial charge in [-0.05, 0) is 176 Å². The van der Waals surface area contributed by atoms with Gasteiger partial charge in [0, 0.05) is 33.5 Å². The second-order valence-electron chi connectivity index (χ2n) is 17.7. The smallest absolute Gasteiger partial charge is 0.0561 e. The van der Waals surface area contributed by atoms with Gasteiger partial charge >= 0.3 is 0 Å². The number of aromatic nitrogens is 1. The minimum atomic E-state index is 0.438. The van der Waals surface area contributed by atoms with Crippen molar-refractivity contribution in [2.24, 2.45) is 35.5 Å². The lowest BCUT2D eigenvalue weighted by Crippen LogP contribution is -2.27. The normalized spacial score (nSPS) is 33.0. The van der Waals surface area contributed by atoms with E-state index in [0.717, 1.165) is 35.5 Å². The first-order valence-electron chi connectivity index (χ1n) is 19.7. The second kappa shape index (κ2) is 10.2. The maximum Gasteiger partial charge on any atom is 0.0561 e. The predicted molar refractivity (Wildman–Crippen MR) is 206 cm³/mol. The van der Waals surface area contributed by atoms with Crippen molar-refractivity contribution < 1.29 is 0 Å². The van der Waals surface area contributed by atoms with Gasteiger partial charge in [0.15, 0.2) is 0 Å². The minimum absolute atomic E-state index is 0.438. The van der Waals surface area contributed by atoms with Gasteiger partial charge in [-0.2, -0.15) is 0 Å². The highest BCUT2D eigenvalue weighted by molar-refractivity contribution is 6.10. The van der Waals surface area contributed by atoms with Gasteiger partial charge in [-0.25, -0.2) is 0 Å². The fourth-order valence-electron chi connectivity index (χ4n) is 13.8. The molecule has 14 rings (SSSR count). The third-order valence-electron chi connectivity index (χ3n) is 15.3. The molecule has 0 saturated heterocycles. The molecule has 2 heteroatoms. The first kappa shape index (κ1) is 28.4. The van der Waals surface area contributed by atoms with Crippen LogP contribution in [0.2, 0.25) is 0 Å². The maximum atomic E-state index is 2.53. The van der Waals surface area contributed by atoms with Crippen molar-refractivity contribution in [1.29, 1.82) is 0 Å². The highest BCUT2D eigenvalue weighted by Crippen LogP contribution is 2.67. The molecule has 1 aromatic heterocycles. The average Bonchev–Trinajstić information content (AvgIpc) is 3.86. The molecule has 8 fully saturated rings. The predicted octanol–water partition coefficient (Wildman–Crippen LogP) is 12.4. The van der Waals surface area contributed by atoms with Crippen LogP contribution >= 0.6 is 0 Å². The van der Waals surface area contributed by atoms with Crippen molar-refractivity contribution in [3.05, 3.63) is 132 Å². The van der Waals surface area contributed by atoms with Crippen LogP contribution in [-0.4, -0.2) is 4.57 Å². The van der Waals surface area contributed by atoms with Crippen molar-refractivity contribution in [3.63, 3.8) is 0 Å². The summed E-state index contributed by atoms with van der Waals surface area (Å²) in [5.41, 5.74) is 11.5. The Morgan fingerprint density at radius 1 is 0.440 bits per heavy atom. The number of benzene rings is 5. The van der Waals surface area contributed by atoms with Crippen LogP contribution in [-0.2, 0) is 10.8 Å². The van der Waals surface area contributed by atoms with E-state index in [9.17, 15) is 0 Å². The van der Waals surface area contributed by atoms with Crippen LogP contribution in [0.3, 0.4) is 0 Å². The van der Waals surface area contributed by atoms with E-state index >= 15 is 0 Å². The zero-order chi connectivity index (χ0) is 32.6. The van der Waals surface area contributed by atoms with E-state index in [1.165, 1.54) is 109 Å². The summed E-state index contributed by atoms with van der Waals surface area (Å²) in [6, 6.07) is 46.8. The Bertz CT molecular complexity index is 2160. The zero-order valence-corrected chi connectivity index (χ0v) is 29.0. The quantitative estimate of drug-likeness (QED) is 0.174. The average molecular weight is 651 g/mol. The summed E-state index contributed by atoms with van der Waals surface area (Å²) in [5.74, 6) is 5.68. The molecule has 248 valence electrons. The fourth-order valence-corrected chi connectivity index (χ4v) is 13.8. The molecule has 0 N–H and O–H groups in total. The van der Waals surface area contributed by atoms with Crippen LogP contribution in [0, 0.1) is 35.5 Å². The Morgan fingerprint density at radius 3 is 1.48 bits per heavy atom. The van der Waals surface area contributed by atoms with Gasteiger partial charge in [0.1, 0.15) is 0 Å². The maximum absolute atomic E-state index is 2.53. The van der Waals surface area contributed by atoms with Crippen LogP contribution < -0.4 is 4.90 Å². The molecule has 8 aliphatic rings. The molecule has 0 radical (unpaired) electrons. The van der Waals surface area contributed by atoms with Gasteiger partial charge < -0.3 is 9.47 Å². The van der Waals surface area contributed by atoms with Crippen LogP contribution in [0.25, 0.3) is 27.5 Å². The van der Waals surface area contributed by atoms with E-state index in [4.69, 9.17) is 0 Å². The number of hydrogen-bond acceptors (Lipinski definition) is 1. The van der Waals surface area contributed by atoms with Crippen LogP contribution in [0.1, 0.15) is 75.3 Å². The molecule has 8 aliphatic carbocycles. The fraction of sp³-hybridized carbons (Fsp3) is 0.375. The molecular formula is C48H46N2. The first-order chi connectivity index (χ1) is 24.6.